The Labute approximate surface area is 245 Å². The largest absolute Gasteiger partial charge is 0.374 e. The second-order valence-electron chi connectivity index (χ2n) is 9.70. The minimum atomic E-state index is -0.476. The Kier molecular flexibility index (Phi) is 12.3. The number of fused-ring (bicyclic) bond motifs is 2. The predicted octanol–water partition coefficient (Wildman–Crippen LogP) is 5.02. The summed E-state index contributed by atoms with van der Waals surface area (Å²) >= 11 is 8.17. The minimum Gasteiger partial charge on any atom is -0.374 e. The van der Waals surface area contributed by atoms with Gasteiger partial charge >= 0.3 is 0 Å². The second kappa shape index (κ2) is 15.7. The monoisotopic (exact) mass is 598 g/mol. The van der Waals surface area contributed by atoms with Crippen molar-refractivity contribution in [1.82, 2.24) is 4.90 Å². The third-order valence-corrected chi connectivity index (χ3v) is 8.79. The van der Waals surface area contributed by atoms with Crippen LogP contribution in [-0.2, 0) is 35.0 Å². The molecule has 2 aliphatic heterocycles. The zero-order valence-electron chi connectivity index (χ0n) is 23.6. The van der Waals surface area contributed by atoms with E-state index in [2.05, 4.69) is 29.7 Å². The van der Waals surface area contributed by atoms with Gasteiger partial charge in [-0.2, -0.15) is 0 Å². The van der Waals surface area contributed by atoms with E-state index in [4.69, 9.17) is 40.0 Å². The summed E-state index contributed by atoms with van der Waals surface area (Å²) in [7, 11) is 3.19. The van der Waals surface area contributed by atoms with Gasteiger partial charge in [-0.15, -0.1) is 11.8 Å². The highest BCUT2D eigenvalue weighted by Gasteiger charge is 2.52. The van der Waals surface area contributed by atoms with Crippen LogP contribution in [0.15, 0.2) is 47.4 Å². The summed E-state index contributed by atoms with van der Waals surface area (Å²) in [5.74, 6) is -0.281. The lowest BCUT2D eigenvalue weighted by atomic mass is 9.98. The molecule has 0 aromatic heterocycles. The van der Waals surface area contributed by atoms with Crippen LogP contribution in [0.1, 0.15) is 19.4 Å². The Hall–Kier alpha value is -1.47. The molecule has 0 amide bonds. The molecule has 2 aromatic carbocycles. The van der Waals surface area contributed by atoms with Crippen LogP contribution in [0.5, 0.6) is 0 Å². The molecule has 8 nitrogen and oxygen atoms in total. The summed E-state index contributed by atoms with van der Waals surface area (Å²) in [4.78, 5) is 5.79. The van der Waals surface area contributed by atoms with Gasteiger partial charge in [0.25, 0.3) is 0 Å². The number of methoxy groups -OCH3 is 2. The fourth-order valence-electron chi connectivity index (χ4n) is 5.10. The molecule has 222 valence electrons. The van der Waals surface area contributed by atoms with E-state index in [0.29, 0.717) is 11.6 Å². The van der Waals surface area contributed by atoms with Crippen LogP contribution in [0.2, 0.25) is 5.02 Å². The SMILES string of the molecule is CCN(CC)CCN1c2cc(Cl)ccc2S[C@H]2[C@@H](OCOC)[C@H](OCOC)[C@@H](COCc3ccc(F)cc3)O[C@H]21. The van der Waals surface area contributed by atoms with Gasteiger partial charge < -0.3 is 38.2 Å². The molecular formula is C29H40ClFN2O6S. The first-order valence-electron chi connectivity index (χ1n) is 13.6. The lowest BCUT2D eigenvalue weighted by molar-refractivity contribution is -0.242. The molecule has 1 fully saturated rings. The van der Waals surface area contributed by atoms with E-state index in [1.165, 1.54) is 12.1 Å². The molecule has 0 spiro atoms. The molecular weight excluding hydrogens is 559 g/mol. The van der Waals surface area contributed by atoms with Crippen molar-refractivity contribution in [3.63, 3.8) is 0 Å². The molecule has 0 bridgehead atoms. The van der Waals surface area contributed by atoms with E-state index in [1.54, 1.807) is 38.1 Å². The average molecular weight is 599 g/mol. The summed E-state index contributed by atoms with van der Waals surface area (Å²) in [6, 6.07) is 12.2. The first-order chi connectivity index (χ1) is 19.5. The Bertz CT molecular complexity index is 1050. The van der Waals surface area contributed by atoms with Crippen molar-refractivity contribution in [2.24, 2.45) is 0 Å². The first kappa shape index (κ1) is 31.5. The fourth-order valence-corrected chi connectivity index (χ4v) is 6.70. The van der Waals surface area contributed by atoms with Crippen LogP contribution in [0.3, 0.4) is 0 Å². The number of benzene rings is 2. The minimum absolute atomic E-state index is 0.0786. The summed E-state index contributed by atoms with van der Waals surface area (Å²) < 4.78 is 49.4. The number of halogens is 2. The maximum Gasteiger partial charge on any atom is 0.146 e. The van der Waals surface area contributed by atoms with Gasteiger partial charge in [0.1, 0.15) is 43.9 Å². The number of hydrogen-bond acceptors (Lipinski definition) is 9. The summed E-state index contributed by atoms with van der Waals surface area (Å²) in [5.41, 5.74) is 1.91. The number of anilines is 1. The molecule has 11 heteroatoms. The number of nitrogens with zero attached hydrogens (tertiary/aromatic N) is 2. The van der Waals surface area contributed by atoms with Gasteiger partial charge in [0.05, 0.1) is 24.2 Å². The Morgan fingerprint density at radius 3 is 2.38 bits per heavy atom. The van der Waals surface area contributed by atoms with Crippen molar-refractivity contribution >= 4 is 29.1 Å². The van der Waals surface area contributed by atoms with Crippen LogP contribution < -0.4 is 4.90 Å². The van der Waals surface area contributed by atoms with Crippen molar-refractivity contribution in [3.05, 3.63) is 58.9 Å². The van der Waals surface area contributed by atoms with Crippen molar-refractivity contribution in [2.75, 3.05) is 65.5 Å². The topological polar surface area (TPSA) is 61.9 Å². The van der Waals surface area contributed by atoms with Crippen molar-refractivity contribution < 1.29 is 32.8 Å². The summed E-state index contributed by atoms with van der Waals surface area (Å²) in [5, 5.41) is 0.560. The van der Waals surface area contributed by atoms with E-state index in [9.17, 15) is 4.39 Å². The lowest BCUT2D eigenvalue weighted by Crippen LogP contribution is -2.65. The third-order valence-electron chi connectivity index (χ3n) is 7.18. The van der Waals surface area contributed by atoms with E-state index < -0.39 is 12.2 Å². The highest BCUT2D eigenvalue weighted by atomic mass is 35.5. The molecule has 40 heavy (non-hydrogen) atoms. The number of likely N-dealkylation sites (N-methyl/N-ethyl adjacent to an activating group) is 1. The summed E-state index contributed by atoms with van der Waals surface area (Å²) in [6.07, 6.45) is -1.64. The maximum atomic E-state index is 13.4. The van der Waals surface area contributed by atoms with Gasteiger partial charge in [-0.05, 0) is 49.0 Å². The van der Waals surface area contributed by atoms with Crippen molar-refractivity contribution in [2.45, 2.75) is 55.1 Å². The zero-order chi connectivity index (χ0) is 28.5. The number of hydrogen-bond donors (Lipinski definition) is 0. The van der Waals surface area contributed by atoms with Crippen molar-refractivity contribution in [3.8, 4) is 0 Å². The molecule has 0 radical (unpaired) electrons. The van der Waals surface area contributed by atoms with Gasteiger partial charge in [0.2, 0.25) is 0 Å². The molecule has 2 aliphatic rings. The van der Waals surface area contributed by atoms with Crippen LogP contribution in [0, 0.1) is 5.82 Å². The zero-order valence-corrected chi connectivity index (χ0v) is 25.2. The Morgan fingerprint density at radius 2 is 1.70 bits per heavy atom. The van der Waals surface area contributed by atoms with Gasteiger partial charge in [0, 0.05) is 37.2 Å². The highest BCUT2D eigenvalue weighted by molar-refractivity contribution is 8.00. The average Bonchev–Trinajstić information content (AvgIpc) is 2.96. The van der Waals surface area contributed by atoms with Crippen LogP contribution in [0.25, 0.3) is 0 Å². The van der Waals surface area contributed by atoms with Crippen LogP contribution in [0.4, 0.5) is 10.1 Å². The van der Waals surface area contributed by atoms with E-state index >= 15 is 0 Å². The van der Waals surface area contributed by atoms with E-state index in [1.807, 2.05) is 12.1 Å². The van der Waals surface area contributed by atoms with Crippen LogP contribution >= 0.6 is 23.4 Å². The van der Waals surface area contributed by atoms with E-state index in [-0.39, 0.29) is 43.6 Å². The van der Waals surface area contributed by atoms with Gasteiger partial charge in [0.15, 0.2) is 0 Å². The van der Waals surface area contributed by atoms with E-state index in [0.717, 1.165) is 42.3 Å². The second-order valence-corrected chi connectivity index (χ2v) is 11.4. The molecule has 5 atom stereocenters. The smallest absolute Gasteiger partial charge is 0.146 e. The normalized spacial score (nSPS) is 24.3. The Morgan fingerprint density at radius 1 is 1.00 bits per heavy atom. The Balaban J connectivity index is 1.63. The third kappa shape index (κ3) is 7.87. The fraction of sp³-hybridized carbons (Fsp3) is 0.586. The molecule has 0 N–H and O–H groups in total. The van der Waals surface area contributed by atoms with Gasteiger partial charge in [-0.3, -0.25) is 0 Å². The quantitative estimate of drug-likeness (QED) is 0.263. The lowest BCUT2D eigenvalue weighted by Gasteiger charge is -2.52. The first-order valence-corrected chi connectivity index (χ1v) is 14.9. The number of thioether (sulfide) groups is 1. The number of rotatable bonds is 15. The molecule has 2 aromatic rings. The number of ether oxygens (including phenoxy) is 6. The highest BCUT2D eigenvalue weighted by Crippen LogP contribution is 2.48. The molecule has 1 saturated heterocycles. The predicted molar refractivity (Wildman–Crippen MR) is 154 cm³/mol. The van der Waals surface area contributed by atoms with Gasteiger partial charge in [-0.25, -0.2) is 4.39 Å². The van der Waals surface area contributed by atoms with Gasteiger partial charge in [-0.1, -0.05) is 37.6 Å². The van der Waals surface area contributed by atoms with Crippen molar-refractivity contribution in [1.29, 1.82) is 0 Å². The summed E-state index contributed by atoms with van der Waals surface area (Å²) in [6.45, 7) is 8.63. The van der Waals surface area contributed by atoms with Crippen LogP contribution in [-0.4, -0.2) is 95.3 Å². The molecule has 0 saturated carbocycles. The molecule has 2 heterocycles. The molecule has 4 rings (SSSR count). The molecule has 0 aliphatic carbocycles. The maximum absolute atomic E-state index is 13.4. The molecule has 0 unspecified atom stereocenters. The standard InChI is InChI=1S/C29H40ClFN2O6S/c1-5-32(6-2)13-14-33-23-15-21(30)9-12-25(23)40-28-27(38-19-35-4)26(37-18-34-3)24(39-29(28)33)17-36-16-20-7-10-22(31)11-8-20/h7-12,15,24,26-29H,5-6,13-14,16-19H2,1-4H3/t24-,26-,27+,28+,29-/m1/s1.